The fourth-order valence-electron chi connectivity index (χ4n) is 2.38. The van der Waals surface area contributed by atoms with E-state index in [4.69, 9.17) is 0 Å². The molecule has 2 nitrogen and oxygen atoms in total. The third-order valence-electron chi connectivity index (χ3n) is 3.85. The molecule has 1 heterocycles. The van der Waals surface area contributed by atoms with Gasteiger partial charge < -0.3 is 5.11 Å². The van der Waals surface area contributed by atoms with Gasteiger partial charge in [0, 0.05) is 17.4 Å². The van der Waals surface area contributed by atoms with Gasteiger partial charge in [0.05, 0.1) is 17.0 Å². The zero-order valence-electron chi connectivity index (χ0n) is 12.3. The number of allylic oxidation sites excluding steroid dienone is 2. The van der Waals surface area contributed by atoms with E-state index in [-0.39, 0.29) is 22.8 Å². The molecule has 128 valence electrons. The summed E-state index contributed by atoms with van der Waals surface area (Å²) in [5.74, 6) is -3.27. The molecule has 1 saturated carbocycles. The summed E-state index contributed by atoms with van der Waals surface area (Å²) in [6.45, 7) is 0. The van der Waals surface area contributed by atoms with Gasteiger partial charge in [0.25, 0.3) is 0 Å². The number of alkyl halides is 3. The van der Waals surface area contributed by atoms with Crippen LogP contribution in [0.25, 0.3) is 10.6 Å². The lowest BCUT2D eigenvalue weighted by atomic mass is 9.90. The standard InChI is InChI=1S/C16H12F5NOS/c17-12-5-9(4-11(14(12)18)16(19,20)21)15-22-10(7-24-15)6-13(23)8-2-1-3-8/h4-5,7,23H,1-3,6H2. The molecule has 8 heteroatoms. The first-order valence-electron chi connectivity index (χ1n) is 7.16. The number of rotatable bonds is 3. The Hall–Kier alpha value is -1.96. The average Bonchev–Trinajstić information content (AvgIpc) is 2.86. The predicted molar refractivity (Wildman–Crippen MR) is 79.7 cm³/mol. The van der Waals surface area contributed by atoms with E-state index in [0.717, 1.165) is 36.2 Å². The van der Waals surface area contributed by atoms with Crippen LogP contribution in [0.2, 0.25) is 0 Å². The van der Waals surface area contributed by atoms with Gasteiger partial charge in [0.15, 0.2) is 11.6 Å². The molecule has 1 aliphatic rings. The molecule has 1 aromatic heterocycles. The quantitative estimate of drug-likeness (QED) is 0.566. The van der Waals surface area contributed by atoms with Crippen molar-refractivity contribution in [3.63, 3.8) is 0 Å². The number of aliphatic hydroxyl groups is 1. The van der Waals surface area contributed by atoms with E-state index in [1.165, 1.54) is 0 Å². The summed E-state index contributed by atoms with van der Waals surface area (Å²) >= 11 is 1.01. The number of hydrogen-bond acceptors (Lipinski definition) is 3. The van der Waals surface area contributed by atoms with E-state index in [2.05, 4.69) is 4.98 Å². The molecular formula is C16H12F5NOS. The normalized spacial score (nSPS) is 14.6. The highest BCUT2D eigenvalue weighted by Crippen LogP contribution is 2.36. The number of halogens is 5. The smallest absolute Gasteiger partial charge is 0.419 e. The van der Waals surface area contributed by atoms with Crippen LogP contribution in [0.5, 0.6) is 0 Å². The Morgan fingerprint density at radius 3 is 2.50 bits per heavy atom. The highest BCUT2D eigenvalue weighted by molar-refractivity contribution is 7.13. The Kier molecular flexibility index (Phi) is 4.33. The molecule has 1 fully saturated rings. The van der Waals surface area contributed by atoms with Gasteiger partial charge in [0.2, 0.25) is 0 Å². The molecule has 1 N–H and O–H groups in total. The van der Waals surface area contributed by atoms with Crippen molar-refractivity contribution in [3.8, 4) is 10.6 Å². The molecule has 0 saturated heterocycles. The maximum atomic E-state index is 13.5. The predicted octanol–water partition coefficient (Wildman–Crippen LogP) is 5.65. The summed E-state index contributed by atoms with van der Waals surface area (Å²) in [6.07, 6.45) is -2.12. The van der Waals surface area contributed by atoms with Crippen LogP contribution in [-0.4, -0.2) is 10.1 Å². The molecule has 0 bridgehead atoms. The number of aliphatic hydroxyl groups excluding tert-OH is 1. The average molecular weight is 361 g/mol. The van der Waals surface area contributed by atoms with Crippen molar-refractivity contribution in [2.24, 2.45) is 0 Å². The van der Waals surface area contributed by atoms with E-state index < -0.39 is 23.4 Å². The molecule has 0 aliphatic heterocycles. The fourth-order valence-corrected chi connectivity index (χ4v) is 3.19. The van der Waals surface area contributed by atoms with Gasteiger partial charge in [-0.1, -0.05) is 0 Å². The van der Waals surface area contributed by atoms with Crippen molar-refractivity contribution < 1.29 is 27.1 Å². The Labute approximate surface area is 138 Å². The SMILES string of the molecule is OC(Cc1csc(-c2cc(F)c(F)c(C(F)(F)F)c2)n1)=C1CCC1. The van der Waals surface area contributed by atoms with Crippen LogP contribution in [0.3, 0.4) is 0 Å². The third kappa shape index (κ3) is 3.28. The lowest BCUT2D eigenvalue weighted by molar-refractivity contribution is -0.140. The maximum absolute atomic E-state index is 13.5. The topological polar surface area (TPSA) is 33.1 Å². The summed E-state index contributed by atoms with van der Waals surface area (Å²) in [5, 5.41) is 11.6. The Bertz CT molecular complexity index is 803. The highest BCUT2D eigenvalue weighted by Gasteiger charge is 2.36. The van der Waals surface area contributed by atoms with E-state index >= 15 is 0 Å². The molecule has 0 amide bonds. The van der Waals surface area contributed by atoms with Gasteiger partial charge in [-0.25, -0.2) is 13.8 Å². The molecule has 1 aromatic carbocycles. The summed E-state index contributed by atoms with van der Waals surface area (Å²) in [4.78, 5) is 4.12. The van der Waals surface area contributed by atoms with E-state index in [1.54, 1.807) is 5.38 Å². The molecule has 3 rings (SSSR count). The Balaban J connectivity index is 1.91. The zero-order valence-corrected chi connectivity index (χ0v) is 13.1. The molecule has 24 heavy (non-hydrogen) atoms. The first-order valence-corrected chi connectivity index (χ1v) is 8.04. The minimum Gasteiger partial charge on any atom is -0.512 e. The molecular weight excluding hydrogens is 349 g/mol. The van der Waals surface area contributed by atoms with Gasteiger partial charge in [-0.3, -0.25) is 0 Å². The fraction of sp³-hybridized carbons (Fsp3) is 0.312. The number of benzene rings is 1. The monoisotopic (exact) mass is 361 g/mol. The number of aromatic nitrogens is 1. The van der Waals surface area contributed by atoms with E-state index in [9.17, 15) is 27.1 Å². The number of thiazole rings is 1. The van der Waals surface area contributed by atoms with Crippen LogP contribution in [0.4, 0.5) is 22.0 Å². The molecule has 0 unspecified atom stereocenters. The largest absolute Gasteiger partial charge is 0.512 e. The van der Waals surface area contributed by atoms with Crippen molar-refractivity contribution in [2.45, 2.75) is 31.9 Å². The Morgan fingerprint density at radius 1 is 1.21 bits per heavy atom. The summed E-state index contributed by atoms with van der Waals surface area (Å²) < 4.78 is 65.2. The van der Waals surface area contributed by atoms with E-state index in [0.29, 0.717) is 17.8 Å². The molecule has 0 atom stereocenters. The summed E-state index contributed by atoms with van der Waals surface area (Å²) in [6, 6.07) is 1.24. The summed E-state index contributed by atoms with van der Waals surface area (Å²) in [5.41, 5.74) is -0.371. The van der Waals surface area contributed by atoms with Crippen LogP contribution in [0.1, 0.15) is 30.5 Å². The van der Waals surface area contributed by atoms with Crippen molar-refractivity contribution in [2.75, 3.05) is 0 Å². The number of hydrogen-bond donors (Lipinski definition) is 1. The van der Waals surface area contributed by atoms with Crippen molar-refractivity contribution in [3.05, 3.63) is 51.7 Å². The van der Waals surface area contributed by atoms with Gasteiger partial charge in [-0.15, -0.1) is 11.3 Å². The minimum absolute atomic E-state index is 0.140. The van der Waals surface area contributed by atoms with Gasteiger partial charge in [0.1, 0.15) is 5.01 Å². The first-order chi connectivity index (χ1) is 11.3. The molecule has 0 radical (unpaired) electrons. The van der Waals surface area contributed by atoms with Crippen molar-refractivity contribution >= 4 is 11.3 Å². The van der Waals surface area contributed by atoms with Crippen LogP contribution in [0.15, 0.2) is 28.8 Å². The second kappa shape index (κ2) is 6.16. The third-order valence-corrected chi connectivity index (χ3v) is 4.79. The van der Waals surface area contributed by atoms with Crippen molar-refractivity contribution in [1.29, 1.82) is 0 Å². The van der Waals surface area contributed by atoms with E-state index in [1.807, 2.05) is 0 Å². The zero-order chi connectivity index (χ0) is 17.5. The van der Waals surface area contributed by atoms with Gasteiger partial charge in [-0.05, 0) is 37.0 Å². The second-order valence-corrected chi connectivity index (χ2v) is 6.40. The van der Waals surface area contributed by atoms with Crippen LogP contribution in [0, 0.1) is 11.6 Å². The molecule has 1 aliphatic carbocycles. The lowest BCUT2D eigenvalue weighted by Gasteiger charge is -2.17. The van der Waals surface area contributed by atoms with Crippen molar-refractivity contribution in [1.82, 2.24) is 4.98 Å². The minimum atomic E-state index is -4.99. The number of nitrogens with zero attached hydrogens (tertiary/aromatic N) is 1. The molecule has 2 aromatic rings. The van der Waals surface area contributed by atoms with Crippen LogP contribution >= 0.6 is 11.3 Å². The Morgan fingerprint density at radius 2 is 1.92 bits per heavy atom. The maximum Gasteiger partial charge on any atom is 0.419 e. The highest BCUT2D eigenvalue weighted by atomic mass is 32.1. The van der Waals surface area contributed by atoms with Crippen LogP contribution < -0.4 is 0 Å². The van der Waals surface area contributed by atoms with Gasteiger partial charge in [-0.2, -0.15) is 13.2 Å². The first kappa shape index (κ1) is 16.9. The second-order valence-electron chi connectivity index (χ2n) is 5.54. The van der Waals surface area contributed by atoms with Crippen LogP contribution in [-0.2, 0) is 12.6 Å². The van der Waals surface area contributed by atoms with Gasteiger partial charge >= 0.3 is 6.18 Å². The summed E-state index contributed by atoms with van der Waals surface area (Å²) in [7, 11) is 0. The molecule has 0 spiro atoms. The lowest BCUT2D eigenvalue weighted by Crippen LogP contribution is -2.10.